The number of carbonyl (C=O) groups excluding carboxylic acids is 3. The summed E-state index contributed by atoms with van der Waals surface area (Å²) in [5, 5.41) is 13.6. The largest absolute Gasteiger partial charge is 0.322 e. The normalized spacial score (nSPS) is 20.9. The zero-order chi connectivity index (χ0) is 20.7. The summed E-state index contributed by atoms with van der Waals surface area (Å²) in [5.74, 6) is -0.798. The number of hydrogen-bond acceptors (Lipinski definition) is 6. The van der Waals surface area contributed by atoms with Crippen molar-refractivity contribution < 1.29 is 14.4 Å². The lowest BCUT2D eigenvalue weighted by Gasteiger charge is -2.29. The third-order valence-corrected chi connectivity index (χ3v) is 6.14. The molecule has 0 spiro atoms. The van der Waals surface area contributed by atoms with E-state index >= 15 is 0 Å². The number of carbonyl (C=O) groups is 3. The molecule has 3 aliphatic rings. The van der Waals surface area contributed by atoms with Gasteiger partial charge in [0.2, 0.25) is 11.8 Å². The minimum atomic E-state index is -0.588. The maximum absolute atomic E-state index is 12.9. The quantitative estimate of drug-likeness (QED) is 0.603. The number of fused-ring (bicyclic) bond motifs is 2. The van der Waals surface area contributed by atoms with E-state index < -0.39 is 6.04 Å². The summed E-state index contributed by atoms with van der Waals surface area (Å²) >= 11 is 0. The number of hydrogen-bond donors (Lipinski definition) is 3. The van der Waals surface area contributed by atoms with E-state index in [2.05, 4.69) is 21.0 Å². The molecule has 0 saturated carbocycles. The third-order valence-electron chi connectivity index (χ3n) is 6.14. The van der Waals surface area contributed by atoms with Crippen LogP contribution < -0.4 is 16.0 Å². The van der Waals surface area contributed by atoms with Gasteiger partial charge in [-0.3, -0.25) is 24.4 Å². The van der Waals surface area contributed by atoms with Crippen LogP contribution in [0, 0.1) is 0 Å². The van der Waals surface area contributed by atoms with Gasteiger partial charge in [0, 0.05) is 50.3 Å². The Morgan fingerprint density at radius 1 is 1.17 bits per heavy atom. The van der Waals surface area contributed by atoms with Crippen LogP contribution in [-0.4, -0.2) is 45.0 Å². The highest BCUT2D eigenvalue weighted by Gasteiger charge is 2.39. The Labute approximate surface area is 173 Å². The number of nitrogens with one attached hydrogen (secondary N) is 3. The summed E-state index contributed by atoms with van der Waals surface area (Å²) < 4.78 is 2.05. The Bertz CT molecular complexity index is 1030. The maximum atomic E-state index is 12.9. The molecule has 9 nitrogen and oxygen atoms in total. The number of rotatable bonds is 5. The second-order valence-electron chi connectivity index (χ2n) is 7.96. The van der Waals surface area contributed by atoms with Crippen molar-refractivity contribution in [2.75, 3.05) is 6.54 Å². The zero-order valence-electron chi connectivity index (χ0n) is 16.6. The predicted molar refractivity (Wildman–Crippen MR) is 107 cm³/mol. The second-order valence-corrected chi connectivity index (χ2v) is 7.96. The van der Waals surface area contributed by atoms with Crippen LogP contribution in [0.2, 0.25) is 0 Å². The highest BCUT2D eigenvalue weighted by Crippen LogP contribution is 2.29. The van der Waals surface area contributed by atoms with Gasteiger partial charge in [-0.15, -0.1) is 0 Å². The fraction of sp³-hybridized carbons (Fsp3) is 0.429. The minimum Gasteiger partial charge on any atom is -0.322 e. The smallest absolute Gasteiger partial charge is 0.255 e. The lowest BCUT2D eigenvalue weighted by atomic mass is 10.0. The van der Waals surface area contributed by atoms with Gasteiger partial charge in [-0.2, -0.15) is 5.10 Å². The highest BCUT2D eigenvalue weighted by atomic mass is 16.2. The number of nitrogens with zero attached hydrogens (tertiary/aromatic N) is 3. The lowest BCUT2D eigenvalue weighted by Crippen LogP contribution is -2.52. The summed E-state index contributed by atoms with van der Waals surface area (Å²) in [7, 11) is 0. The number of benzene rings is 1. The molecule has 156 valence electrons. The van der Waals surface area contributed by atoms with Crippen LogP contribution in [0.25, 0.3) is 0 Å². The van der Waals surface area contributed by atoms with Crippen molar-refractivity contribution in [2.24, 2.45) is 0 Å². The first kappa shape index (κ1) is 19.0. The van der Waals surface area contributed by atoms with Gasteiger partial charge in [-0.25, -0.2) is 0 Å². The molecule has 2 aromatic rings. The van der Waals surface area contributed by atoms with E-state index in [1.54, 1.807) is 4.90 Å². The molecule has 1 aromatic heterocycles. The molecule has 30 heavy (non-hydrogen) atoms. The molecule has 5 rings (SSSR count). The molecule has 1 atom stereocenters. The van der Waals surface area contributed by atoms with Crippen LogP contribution in [0.5, 0.6) is 0 Å². The topological polar surface area (TPSA) is 108 Å². The van der Waals surface area contributed by atoms with Crippen molar-refractivity contribution in [1.82, 2.24) is 30.6 Å². The average Bonchev–Trinajstić information content (AvgIpc) is 3.30. The van der Waals surface area contributed by atoms with Gasteiger partial charge in [0.1, 0.15) is 6.04 Å². The number of imide groups is 1. The first-order valence-electron chi connectivity index (χ1n) is 10.3. The van der Waals surface area contributed by atoms with Crippen molar-refractivity contribution in [2.45, 2.75) is 51.6 Å². The third kappa shape index (κ3) is 3.29. The Balaban J connectivity index is 1.28. The Kier molecular flexibility index (Phi) is 4.84. The van der Waals surface area contributed by atoms with Gasteiger partial charge in [0.15, 0.2) is 0 Å². The van der Waals surface area contributed by atoms with Gasteiger partial charge in [0.05, 0.1) is 18.4 Å². The Morgan fingerprint density at radius 3 is 2.90 bits per heavy atom. The fourth-order valence-electron chi connectivity index (χ4n) is 4.53. The molecule has 1 fully saturated rings. The van der Waals surface area contributed by atoms with Crippen LogP contribution in [0.1, 0.15) is 45.6 Å². The number of amides is 3. The molecular weight excluding hydrogens is 384 g/mol. The fourth-order valence-corrected chi connectivity index (χ4v) is 4.53. The van der Waals surface area contributed by atoms with E-state index in [4.69, 9.17) is 0 Å². The van der Waals surface area contributed by atoms with E-state index in [0.29, 0.717) is 31.6 Å². The van der Waals surface area contributed by atoms with Crippen LogP contribution in [0.3, 0.4) is 0 Å². The lowest BCUT2D eigenvalue weighted by molar-refractivity contribution is -0.136. The maximum Gasteiger partial charge on any atom is 0.255 e. The number of aromatic nitrogens is 2. The van der Waals surface area contributed by atoms with Gasteiger partial charge < -0.3 is 15.5 Å². The summed E-state index contributed by atoms with van der Waals surface area (Å²) in [5.41, 5.74) is 5.04. The first-order chi connectivity index (χ1) is 14.6. The van der Waals surface area contributed by atoms with Crippen molar-refractivity contribution in [3.05, 3.63) is 52.3 Å². The van der Waals surface area contributed by atoms with E-state index in [9.17, 15) is 14.4 Å². The number of piperidine rings is 1. The molecule has 1 saturated heterocycles. The Morgan fingerprint density at radius 2 is 2.03 bits per heavy atom. The molecule has 3 aliphatic heterocycles. The zero-order valence-corrected chi connectivity index (χ0v) is 16.6. The SMILES string of the molecule is O=C1CCC(N2Cc3c(CNCc4cnn5c4CNCC5)cccc3C2=O)C(=O)N1. The molecule has 1 unspecified atom stereocenters. The van der Waals surface area contributed by atoms with E-state index in [1.807, 2.05) is 29.1 Å². The monoisotopic (exact) mass is 408 g/mol. The molecule has 0 aliphatic carbocycles. The molecule has 0 radical (unpaired) electrons. The van der Waals surface area contributed by atoms with Crippen LogP contribution in [0.4, 0.5) is 0 Å². The van der Waals surface area contributed by atoms with Crippen molar-refractivity contribution in [3.8, 4) is 0 Å². The van der Waals surface area contributed by atoms with Gasteiger partial charge in [-0.1, -0.05) is 12.1 Å². The minimum absolute atomic E-state index is 0.141. The predicted octanol–water partition coefficient (Wildman–Crippen LogP) is 0.0371. The summed E-state index contributed by atoms with van der Waals surface area (Å²) in [6.07, 6.45) is 2.55. The molecule has 4 heterocycles. The molecular formula is C21H24N6O3. The Hall–Kier alpha value is -3.04. The summed E-state index contributed by atoms with van der Waals surface area (Å²) in [6, 6.07) is 5.12. The van der Waals surface area contributed by atoms with Crippen molar-refractivity contribution >= 4 is 17.7 Å². The molecule has 0 bridgehead atoms. The standard InChI is InChI=1S/C21H24N6O3/c28-19-5-4-17(20(29)25-19)26-12-16-13(2-1-3-15(16)21(26)30)8-23-9-14-10-24-27-7-6-22-11-18(14)27/h1-3,10,17,22-23H,4-9,11-12H2,(H,25,28,29). The highest BCUT2D eigenvalue weighted by molar-refractivity contribution is 6.05. The summed E-state index contributed by atoms with van der Waals surface area (Å²) in [6.45, 7) is 4.37. The van der Waals surface area contributed by atoms with Gasteiger partial charge >= 0.3 is 0 Å². The average molecular weight is 408 g/mol. The van der Waals surface area contributed by atoms with Gasteiger partial charge in [0.25, 0.3) is 5.91 Å². The molecule has 3 amide bonds. The molecule has 9 heteroatoms. The van der Waals surface area contributed by atoms with Crippen molar-refractivity contribution in [1.29, 1.82) is 0 Å². The van der Waals surface area contributed by atoms with Crippen LogP contribution >= 0.6 is 0 Å². The summed E-state index contributed by atoms with van der Waals surface area (Å²) in [4.78, 5) is 38.2. The second kappa shape index (κ2) is 7.66. The van der Waals surface area contributed by atoms with Crippen LogP contribution in [0.15, 0.2) is 24.4 Å². The van der Waals surface area contributed by atoms with Crippen LogP contribution in [-0.2, 0) is 42.3 Å². The first-order valence-corrected chi connectivity index (χ1v) is 10.3. The molecule has 3 N–H and O–H groups in total. The van der Waals surface area contributed by atoms with Gasteiger partial charge in [-0.05, 0) is 23.6 Å². The van der Waals surface area contributed by atoms with Crippen molar-refractivity contribution in [3.63, 3.8) is 0 Å². The van der Waals surface area contributed by atoms with E-state index in [0.717, 1.165) is 30.8 Å². The molecule has 1 aromatic carbocycles. The van der Waals surface area contributed by atoms with E-state index in [1.165, 1.54) is 11.3 Å². The van der Waals surface area contributed by atoms with E-state index in [-0.39, 0.29) is 24.1 Å².